The van der Waals surface area contributed by atoms with Gasteiger partial charge in [-0.05, 0) is 36.4 Å². The first-order valence-electron chi connectivity index (χ1n) is 6.96. The highest BCUT2D eigenvalue weighted by Crippen LogP contribution is 2.28. The molecule has 0 saturated carbocycles. The molecule has 0 heterocycles. The molecule has 23 heavy (non-hydrogen) atoms. The summed E-state index contributed by atoms with van der Waals surface area (Å²) in [7, 11) is 0. The van der Waals surface area contributed by atoms with Crippen LogP contribution in [0.25, 0.3) is 0 Å². The van der Waals surface area contributed by atoms with E-state index in [1.165, 1.54) is 18.3 Å². The smallest absolute Gasteiger partial charge is 0.132 e. The Morgan fingerprint density at radius 3 is 2.78 bits per heavy atom. The molecule has 2 rings (SSSR count). The first-order chi connectivity index (χ1) is 11.2. The lowest BCUT2D eigenvalue weighted by molar-refractivity contribution is 0.446. The van der Waals surface area contributed by atoms with Crippen molar-refractivity contribution in [1.82, 2.24) is 0 Å². The van der Waals surface area contributed by atoms with Crippen molar-refractivity contribution in [3.63, 3.8) is 0 Å². The summed E-state index contributed by atoms with van der Waals surface area (Å²) in [5, 5.41) is 10.7. The summed E-state index contributed by atoms with van der Waals surface area (Å²) >= 11 is 1.83. The second-order valence-electron chi connectivity index (χ2n) is 4.69. The molecule has 7 heteroatoms. The number of nitrogens with one attached hydrogen (secondary N) is 2. The predicted molar refractivity (Wildman–Crippen MR) is 97.2 cm³/mol. The quantitative estimate of drug-likeness (QED) is 0.338. The molecule has 2 aromatic carbocycles. The van der Waals surface area contributed by atoms with Crippen molar-refractivity contribution in [3.8, 4) is 11.5 Å². The van der Waals surface area contributed by atoms with Crippen LogP contribution in [0.1, 0.15) is 11.1 Å². The van der Waals surface area contributed by atoms with Crippen LogP contribution in [0.5, 0.6) is 11.5 Å². The van der Waals surface area contributed by atoms with Gasteiger partial charge in [-0.25, -0.2) is 4.39 Å². The number of hydrogen-bond donors (Lipinski definition) is 3. The lowest BCUT2D eigenvalue weighted by Crippen LogP contribution is -2.08. The van der Waals surface area contributed by atoms with E-state index in [-0.39, 0.29) is 12.4 Å². The average Bonchev–Trinajstić information content (AvgIpc) is 2.57. The minimum absolute atomic E-state index is 0.181. The summed E-state index contributed by atoms with van der Waals surface area (Å²) in [6.07, 6.45) is 1.24. The Morgan fingerprint density at radius 2 is 2.09 bits per heavy atom. The first kappa shape index (κ1) is 17.6. The number of hydrogen-bond acceptors (Lipinski definition) is 5. The van der Waals surface area contributed by atoms with Gasteiger partial charge in [0.2, 0.25) is 0 Å². The Morgan fingerprint density at radius 1 is 1.26 bits per heavy atom. The molecular formula is C16H17FIN3O2. The van der Waals surface area contributed by atoms with Crippen LogP contribution < -0.4 is 15.8 Å². The molecule has 0 aliphatic heterocycles. The average molecular weight is 429 g/mol. The number of halogens is 2. The van der Waals surface area contributed by atoms with Gasteiger partial charge in [0.25, 0.3) is 0 Å². The Balaban J connectivity index is 2.19. The van der Waals surface area contributed by atoms with Gasteiger partial charge < -0.3 is 24.3 Å². The molecule has 0 unspecified atom stereocenters. The third-order valence-corrected chi connectivity index (χ3v) is 3.58. The van der Waals surface area contributed by atoms with Crippen molar-refractivity contribution in [1.29, 1.82) is 5.41 Å². The zero-order valence-electron chi connectivity index (χ0n) is 12.3. The highest BCUT2D eigenvalue weighted by atomic mass is 127. The van der Waals surface area contributed by atoms with E-state index in [1.54, 1.807) is 18.2 Å². The molecule has 122 valence electrons. The Labute approximate surface area is 148 Å². The fourth-order valence-corrected chi connectivity index (χ4v) is 2.26. The van der Waals surface area contributed by atoms with Crippen LogP contribution in [-0.2, 0) is 9.61 Å². The van der Waals surface area contributed by atoms with Crippen LogP contribution in [0.4, 0.5) is 10.1 Å². The molecule has 0 spiro atoms. The molecule has 0 radical (unpaired) electrons. The Bertz CT molecular complexity index is 682. The van der Waals surface area contributed by atoms with E-state index in [2.05, 4.69) is 5.32 Å². The highest BCUT2D eigenvalue weighted by Gasteiger charge is 2.08. The number of ether oxygens (including phenoxy) is 1. The zero-order valence-corrected chi connectivity index (χ0v) is 14.5. The second kappa shape index (κ2) is 8.80. The van der Waals surface area contributed by atoms with Gasteiger partial charge in [-0.2, -0.15) is 0 Å². The van der Waals surface area contributed by atoms with Crippen molar-refractivity contribution in [2.24, 2.45) is 5.73 Å². The Hall–Kier alpha value is -1.71. The summed E-state index contributed by atoms with van der Waals surface area (Å²) in [5.41, 5.74) is 7.71. The SMILES string of the molecule is N=Cc1cc(Oc2ccc(F)cc2CN)ccc1NCCOI. The standard InChI is InChI=1S/C16H17FIN3O2/c17-13-1-4-16(12(7-13)10-20)23-14-2-3-15(11(8-14)9-19)21-5-6-22-18/h1-4,7-9,19,21H,5-6,10,20H2. The summed E-state index contributed by atoms with van der Waals surface area (Å²) < 4.78 is 24.0. The van der Waals surface area contributed by atoms with Gasteiger partial charge in [-0.3, -0.25) is 0 Å². The van der Waals surface area contributed by atoms with Crippen LogP contribution in [0.2, 0.25) is 0 Å². The first-order valence-corrected chi connectivity index (χ1v) is 7.84. The van der Waals surface area contributed by atoms with E-state index in [0.717, 1.165) is 5.69 Å². The maximum Gasteiger partial charge on any atom is 0.132 e. The fourth-order valence-electron chi connectivity index (χ4n) is 2.04. The number of nitrogens with two attached hydrogens (primary N) is 1. The van der Waals surface area contributed by atoms with Gasteiger partial charge in [0.15, 0.2) is 0 Å². The zero-order chi connectivity index (χ0) is 16.7. The molecule has 0 bridgehead atoms. The van der Waals surface area contributed by atoms with Gasteiger partial charge in [-0.1, -0.05) is 0 Å². The van der Waals surface area contributed by atoms with E-state index in [1.807, 2.05) is 29.1 Å². The van der Waals surface area contributed by atoms with Crippen LogP contribution >= 0.6 is 23.0 Å². The normalized spacial score (nSPS) is 10.4. The largest absolute Gasteiger partial charge is 0.457 e. The lowest BCUT2D eigenvalue weighted by atomic mass is 10.1. The van der Waals surface area contributed by atoms with Crippen LogP contribution in [0, 0.1) is 11.2 Å². The van der Waals surface area contributed by atoms with Crippen molar-refractivity contribution >= 4 is 34.9 Å². The Kier molecular flexibility index (Phi) is 6.75. The number of anilines is 1. The summed E-state index contributed by atoms with van der Waals surface area (Å²) in [6.45, 7) is 1.38. The fraction of sp³-hybridized carbons (Fsp3) is 0.188. The van der Waals surface area contributed by atoms with Gasteiger partial charge in [0.05, 0.1) is 6.61 Å². The summed E-state index contributed by atoms with van der Waals surface area (Å²) in [5.74, 6) is 0.708. The van der Waals surface area contributed by atoms with E-state index < -0.39 is 0 Å². The molecule has 0 aliphatic carbocycles. The van der Waals surface area contributed by atoms with Gasteiger partial charge in [-0.15, -0.1) is 0 Å². The minimum Gasteiger partial charge on any atom is -0.457 e. The van der Waals surface area contributed by atoms with E-state index >= 15 is 0 Å². The number of rotatable bonds is 8. The van der Waals surface area contributed by atoms with Gasteiger partial charge >= 0.3 is 0 Å². The minimum atomic E-state index is -0.352. The molecular weight excluding hydrogens is 412 g/mol. The van der Waals surface area contributed by atoms with Gasteiger partial charge in [0.1, 0.15) is 40.3 Å². The van der Waals surface area contributed by atoms with Crippen LogP contribution in [0.15, 0.2) is 36.4 Å². The molecule has 2 aromatic rings. The molecule has 0 atom stereocenters. The third-order valence-electron chi connectivity index (χ3n) is 3.14. The molecule has 0 amide bonds. The maximum atomic E-state index is 13.2. The van der Waals surface area contributed by atoms with E-state index in [0.29, 0.717) is 35.8 Å². The molecule has 0 aliphatic rings. The van der Waals surface area contributed by atoms with Gasteiger partial charge in [0, 0.05) is 36.1 Å². The van der Waals surface area contributed by atoms with Crippen LogP contribution in [-0.4, -0.2) is 19.4 Å². The van der Waals surface area contributed by atoms with Crippen molar-refractivity contribution in [2.45, 2.75) is 6.54 Å². The molecule has 4 N–H and O–H groups in total. The van der Waals surface area contributed by atoms with E-state index in [9.17, 15) is 4.39 Å². The second-order valence-corrected chi connectivity index (χ2v) is 5.31. The summed E-state index contributed by atoms with van der Waals surface area (Å²) in [6, 6.07) is 9.58. The number of benzene rings is 2. The van der Waals surface area contributed by atoms with E-state index in [4.69, 9.17) is 18.9 Å². The molecule has 0 fully saturated rings. The van der Waals surface area contributed by atoms with Crippen LogP contribution in [0.3, 0.4) is 0 Å². The third kappa shape index (κ3) is 4.88. The molecule has 0 saturated heterocycles. The summed E-state index contributed by atoms with van der Waals surface area (Å²) in [4.78, 5) is 0. The highest BCUT2D eigenvalue weighted by molar-refractivity contribution is 14.1. The monoisotopic (exact) mass is 429 g/mol. The van der Waals surface area contributed by atoms with Crippen molar-refractivity contribution < 1.29 is 12.2 Å². The molecule has 0 aromatic heterocycles. The molecule has 5 nitrogen and oxygen atoms in total. The lowest BCUT2D eigenvalue weighted by Gasteiger charge is -2.13. The maximum absolute atomic E-state index is 13.2. The predicted octanol–water partition coefficient (Wildman–Crippen LogP) is 3.85. The topological polar surface area (TPSA) is 80.4 Å². The van der Waals surface area contributed by atoms with Crippen molar-refractivity contribution in [3.05, 3.63) is 53.3 Å². The van der Waals surface area contributed by atoms with Crippen molar-refractivity contribution in [2.75, 3.05) is 18.5 Å².